The summed E-state index contributed by atoms with van der Waals surface area (Å²) in [5, 5.41) is 9.96. The van der Waals surface area contributed by atoms with Crippen LogP contribution in [0.4, 0.5) is 31.7 Å². The van der Waals surface area contributed by atoms with Crippen LogP contribution in [0.15, 0.2) is 36.7 Å². The molecular formula is C23H24F2N8O3S. The molecule has 0 saturated heterocycles. The van der Waals surface area contributed by atoms with Gasteiger partial charge in [-0.15, -0.1) is 0 Å². The molecule has 0 aliphatic heterocycles. The Balaban J connectivity index is 1.58. The van der Waals surface area contributed by atoms with Crippen molar-refractivity contribution in [1.29, 1.82) is 0 Å². The van der Waals surface area contributed by atoms with Crippen LogP contribution in [-0.2, 0) is 21.9 Å². The molecular weight excluding hydrogens is 506 g/mol. The molecule has 4 N–H and O–H groups in total. The van der Waals surface area contributed by atoms with Crippen LogP contribution < -0.4 is 15.4 Å². The SMILES string of the molecule is CCS(=O)(=O)Nc1cc(-c2cnn(C)c2)ccc1Nc1cc(NC(=O)C2CC2)nc2nc(C(F)F)[nH]c12. The molecule has 37 heavy (non-hydrogen) atoms. The summed E-state index contributed by atoms with van der Waals surface area (Å²) in [4.78, 5) is 23.0. The highest BCUT2D eigenvalue weighted by molar-refractivity contribution is 7.92. The maximum Gasteiger partial charge on any atom is 0.295 e. The number of imidazole rings is 1. The monoisotopic (exact) mass is 530 g/mol. The summed E-state index contributed by atoms with van der Waals surface area (Å²) in [5.41, 5.74) is 2.52. The van der Waals surface area contributed by atoms with E-state index >= 15 is 0 Å². The van der Waals surface area contributed by atoms with E-state index < -0.39 is 22.3 Å². The molecule has 194 valence electrons. The maximum absolute atomic E-state index is 13.4. The Bertz CT molecular complexity index is 1590. The molecule has 0 atom stereocenters. The number of sulfonamides is 1. The quantitative estimate of drug-likeness (QED) is 0.254. The minimum Gasteiger partial charge on any atom is -0.352 e. The first-order valence-corrected chi connectivity index (χ1v) is 13.2. The predicted molar refractivity (Wildman–Crippen MR) is 135 cm³/mol. The Morgan fingerprint density at radius 1 is 1.16 bits per heavy atom. The summed E-state index contributed by atoms with van der Waals surface area (Å²) in [6.07, 6.45) is 2.14. The van der Waals surface area contributed by atoms with E-state index in [1.54, 1.807) is 42.3 Å². The highest BCUT2D eigenvalue weighted by Gasteiger charge is 2.30. The zero-order valence-electron chi connectivity index (χ0n) is 19.9. The number of carbonyl (C=O) groups is 1. The number of nitrogens with zero attached hydrogens (tertiary/aromatic N) is 4. The van der Waals surface area contributed by atoms with Gasteiger partial charge in [0.1, 0.15) is 11.3 Å². The summed E-state index contributed by atoms with van der Waals surface area (Å²) in [7, 11) is -1.89. The first-order chi connectivity index (χ1) is 17.6. The van der Waals surface area contributed by atoms with E-state index in [-0.39, 0.29) is 45.9 Å². The normalized spacial score (nSPS) is 13.8. The largest absolute Gasteiger partial charge is 0.352 e. The van der Waals surface area contributed by atoms with Gasteiger partial charge in [-0.2, -0.15) is 5.10 Å². The van der Waals surface area contributed by atoms with Gasteiger partial charge in [0.15, 0.2) is 11.5 Å². The van der Waals surface area contributed by atoms with Crippen LogP contribution in [0.25, 0.3) is 22.3 Å². The first-order valence-electron chi connectivity index (χ1n) is 11.5. The number of rotatable bonds is 9. The number of benzene rings is 1. The minimum atomic E-state index is -3.66. The summed E-state index contributed by atoms with van der Waals surface area (Å²) < 4.78 is 55.9. The van der Waals surface area contributed by atoms with E-state index in [4.69, 9.17) is 0 Å². The number of hydrogen-bond donors (Lipinski definition) is 4. The van der Waals surface area contributed by atoms with Gasteiger partial charge in [0.2, 0.25) is 15.9 Å². The number of alkyl halides is 2. The Morgan fingerprint density at radius 2 is 1.95 bits per heavy atom. The van der Waals surface area contributed by atoms with Crippen molar-refractivity contribution in [2.24, 2.45) is 13.0 Å². The van der Waals surface area contributed by atoms with Crippen molar-refractivity contribution in [3.05, 3.63) is 42.5 Å². The van der Waals surface area contributed by atoms with Crippen LogP contribution in [0.3, 0.4) is 0 Å². The summed E-state index contributed by atoms with van der Waals surface area (Å²) in [5.74, 6) is -0.894. The molecule has 0 unspecified atom stereocenters. The Kier molecular flexibility index (Phi) is 6.27. The number of anilines is 4. The highest BCUT2D eigenvalue weighted by atomic mass is 32.2. The lowest BCUT2D eigenvalue weighted by Crippen LogP contribution is -2.16. The molecule has 14 heteroatoms. The van der Waals surface area contributed by atoms with Gasteiger partial charge < -0.3 is 15.6 Å². The fraction of sp³-hybridized carbons (Fsp3) is 0.304. The molecule has 1 saturated carbocycles. The lowest BCUT2D eigenvalue weighted by Gasteiger charge is -2.16. The van der Waals surface area contributed by atoms with E-state index in [2.05, 4.69) is 35.4 Å². The van der Waals surface area contributed by atoms with E-state index in [9.17, 15) is 22.0 Å². The van der Waals surface area contributed by atoms with Crippen LogP contribution in [-0.4, -0.2) is 44.8 Å². The minimum absolute atomic E-state index is 0.0194. The van der Waals surface area contributed by atoms with E-state index in [1.807, 2.05) is 0 Å². The standard InChI is InChI=1S/C23H24F2N8O3S/c1-3-37(35,36)32-16-8-13(14-10-26-33(2)11-14)6-7-15(16)27-17-9-18(29-23(34)12-4-5-12)28-21-19(17)30-22(31-21)20(24)25/h6-12,20,32H,3-5H2,1-2H3,(H3,27,28,29,30,31,34). The van der Waals surface area contributed by atoms with Crippen LogP contribution in [0.2, 0.25) is 0 Å². The second kappa shape index (κ2) is 9.42. The fourth-order valence-electron chi connectivity index (χ4n) is 3.72. The molecule has 1 aromatic carbocycles. The number of aromatic amines is 1. The number of hydrogen-bond acceptors (Lipinski definition) is 7. The van der Waals surface area contributed by atoms with Crippen LogP contribution in [0, 0.1) is 5.92 Å². The molecule has 11 nitrogen and oxygen atoms in total. The Morgan fingerprint density at radius 3 is 2.59 bits per heavy atom. The second-order valence-electron chi connectivity index (χ2n) is 8.73. The summed E-state index contributed by atoms with van der Waals surface area (Å²) >= 11 is 0. The third-order valence-electron chi connectivity index (χ3n) is 5.86. The third-order valence-corrected chi connectivity index (χ3v) is 7.15. The highest BCUT2D eigenvalue weighted by Crippen LogP contribution is 2.36. The van der Waals surface area contributed by atoms with Gasteiger partial charge in [-0.05, 0) is 37.5 Å². The van der Waals surface area contributed by atoms with Gasteiger partial charge in [-0.1, -0.05) is 6.07 Å². The van der Waals surface area contributed by atoms with Crippen LogP contribution in [0.5, 0.6) is 0 Å². The fourth-order valence-corrected chi connectivity index (χ4v) is 4.37. The molecule has 1 aliphatic rings. The Labute approximate surface area is 210 Å². The van der Waals surface area contributed by atoms with E-state index in [0.717, 1.165) is 18.4 Å². The first kappa shape index (κ1) is 24.6. The van der Waals surface area contributed by atoms with E-state index in [1.165, 1.54) is 13.0 Å². The van der Waals surface area contributed by atoms with Gasteiger partial charge in [-0.25, -0.2) is 27.2 Å². The maximum atomic E-state index is 13.4. The van der Waals surface area contributed by atoms with Crippen molar-refractivity contribution in [2.75, 3.05) is 21.1 Å². The topological polar surface area (TPSA) is 147 Å². The van der Waals surface area contributed by atoms with Crippen molar-refractivity contribution in [3.8, 4) is 11.1 Å². The number of aryl methyl sites for hydroxylation is 1. The smallest absolute Gasteiger partial charge is 0.295 e. The summed E-state index contributed by atoms with van der Waals surface area (Å²) in [6, 6.07) is 6.57. The molecule has 1 fully saturated rings. The molecule has 3 aromatic heterocycles. The average Bonchev–Trinajstić information content (AvgIpc) is 3.47. The number of amides is 1. The predicted octanol–water partition coefficient (Wildman–Crippen LogP) is 4.15. The number of H-pyrrole nitrogens is 1. The number of carbonyl (C=O) groups excluding carboxylic acids is 1. The molecule has 0 radical (unpaired) electrons. The average molecular weight is 531 g/mol. The van der Waals surface area contributed by atoms with Crippen molar-refractivity contribution in [1.82, 2.24) is 24.7 Å². The molecule has 5 rings (SSSR count). The molecule has 1 amide bonds. The molecule has 0 bridgehead atoms. The molecule has 1 aliphatic carbocycles. The number of pyridine rings is 1. The van der Waals surface area contributed by atoms with Gasteiger partial charge in [-0.3, -0.25) is 14.2 Å². The number of halogens is 2. The zero-order valence-corrected chi connectivity index (χ0v) is 20.7. The molecule has 3 heterocycles. The second-order valence-corrected chi connectivity index (χ2v) is 10.7. The van der Waals surface area contributed by atoms with Gasteiger partial charge >= 0.3 is 0 Å². The van der Waals surface area contributed by atoms with Crippen LogP contribution in [0.1, 0.15) is 32.0 Å². The van der Waals surface area contributed by atoms with Crippen molar-refractivity contribution >= 4 is 50.0 Å². The number of nitrogens with one attached hydrogen (secondary N) is 4. The van der Waals surface area contributed by atoms with Crippen molar-refractivity contribution in [3.63, 3.8) is 0 Å². The molecule has 4 aromatic rings. The lowest BCUT2D eigenvalue weighted by molar-refractivity contribution is -0.117. The van der Waals surface area contributed by atoms with Gasteiger partial charge in [0, 0.05) is 30.8 Å². The van der Waals surface area contributed by atoms with Crippen LogP contribution >= 0.6 is 0 Å². The molecule has 0 spiro atoms. The number of aromatic nitrogens is 5. The van der Waals surface area contributed by atoms with E-state index in [0.29, 0.717) is 11.3 Å². The van der Waals surface area contributed by atoms with Gasteiger partial charge in [0.25, 0.3) is 6.43 Å². The van der Waals surface area contributed by atoms with Crippen molar-refractivity contribution in [2.45, 2.75) is 26.2 Å². The Hall–Kier alpha value is -4.07. The van der Waals surface area contributed by atoms with Crippen molar-refractivity contribution < 1.29 is 22.0 Å². The number of fused-ring (bicyclic) bond motifs is 1. The van der Waals surface area contributed by atoms with Gasteiger partial charge in [0.05, 0.1) is 29.0 Å². The zero-order chi connectivity index (χ0) is 26.3. The summed E-state index contributed by atoms with van der Waals surface area (Å²) in [6.45, 7) is 1.51. The third kappa shape index (κ3) is 5.38. The lowest BCUT2D eigenvalue weighted by atomic mass is 10.1.